The van der Waals surface area contributed by atoms with Crippen molar-refractivity contribution in [3.8, 4) is 0 Å². The Labute approximate surface area is 244 Å². The number of carbonyl (C=O) groups is 3. The number of anilines is 1. The minimum absolute atomic E-state index is 0.0395. The summed E-state index contributed by atoms with van der Waals surface area (Å²) >= 11 is 6.15. The van der Waals surface area contributed by atoms with E-state index in [2.05, 4.69) is 10.3 Å². The van der Waals surface area contributed by atoms with E-state index in [0.717, 1.165) is 18.9 Å². The average Bonchev–Trinajstić information content (AvgIpc) is 3.14. The predicted octanol–water partition coefficient (Wildman–Crippen LogP) is 3.37. The van der Waals surface area contributed by atoms with Gasteiger partial charge in [0.2, 0.25) is 0 Å². The molecule has 1 aromatic carbocycles. The van der Waals surface area contributed by atoms with Crippen LogP contribution in [0.1, 0.15) is 56.6 Å². The van der Waals surface area contributed by atoms with Crippen LogP contribution in [0.4, 0.5) is 10.2 Å². The molecule has 41 heavy (non-hydrogen) atoms. The van der Waals surface area contributed by atoms with Gasteiger partial charge in [0.1, 0.15) is 11.6 Å². The lowest BCUT2D eigenvalue weighted by Gasteiger charge is -2.42. The zero-order valence-corrected chi connectivity index (χ0v) is 25.0. The number of nitrogens with zero attached hydrogens (tertiary/aromatic N) is 3. The number of amides is 2. The van der Waals surface area contributed by atoms with E-state index in [4.69, 9.17) is 16.3 Å². The summed E-state index contributed by atoms with van der Waals surface area (Å²) in [5.74, 6) is -2.51. The highest BCUT2D eigenvalue weighted by atomic mass is 35.5. The van der Waals surface area contributed by atoms with Crippen molar-refractivity contribution >= 4 is 45.0 Å². The molecule has 2 fully saturated rings. The Balaban J connectivity index is 1.63. The fraction of sp³-hybridized carbons (Fsp3) is 0.500. The summed E-state index contributed by atoms with van der Waals surface area (Å²) in [5, 5.41) is 2.49. The Morgan fingerprint density at radius 2 is 1.78 bits per heavy atom. The number of fused-ring (bicyclic) bond motifs is 2. The number of hydrogen-bond donors (Lipinski definition) is 1. The number of benzene rings is 1. The molecule has 2 aliphatic rings. The number of piperazine rings is 1. The van der Waals surface area contributed by atoms with Crippen molar-refractivity contribution in [3.05, 3.63) is 52.4 Å². The van der Waals surface area contributed by atoms with Crippen LogP contribution in [0.15, 0.2) is 35.2 Å². The standard InChI is InChI=1S/C28H34ClFN4O6S/c1-5-40-27(37)25(35)31-13-18-11-21(41(38,39)16-28(2,3)4)12-24(32-18)34-19-7-8-20(34)15-33(14-19)26(36)22-9-6-17(30)10-23(22)29/h6,9-12,19-20H,5,7-8,13-16H2,1-4H3,(H,31,35). The third-order valence-electron chi connectivity index (χ3n) is 6.91. The van der Waals surface area contributed by atoms with Gasteiger partial charge in [0.15, 0.2) is 9.84 Å². The molecule has 2 saturated heterocycles. The highest BCUT2D eigenvalue weighted by Gasteiger charge is 2.43. The van der Waals surface area contributed by atoms with E-state index in [1.165, 1.54) is 24.3 Å². The van der Waals surface area contributed by atoms with Crippen molar-refractivity contribution in [2.75, 3.05) is 30.3 Å². The van der Waals surface area contributed by atoms with E-state index in [1.807, 2.05) is 25.7 Å². The lowest BCUT2D eigenvalue weighted by atomic mass is 10.0. The fourth-order valence-electron chi connectivity index (χ4n) is 5.32. The third kappa shape index (κ3) is 7.16. The maximum absolute atomic E-state index is 13.5. The van der Waals surface area contributed by atoms with Crippen molar-refractivity contribution in [2.24, 2.45) is 5.41 Å². The summed E-state index contributed by atoms with van der Waals surface area (Å²) in [4.78, 5) is 45.6. The molecule has 2 aromatic rings. The molecule has 2 atom stereocenters. The Kier molecular flexibility index (Phi) is 8.93. The normalized spacial score (nSPS) is 18.8. The molecule has 0 aliphatic carbocycles. The number of halogens is 2. The van der Waals surface area contributed by atoms with Crippen molar-refractivity contribution < 1.29 is 31.9 Å². The first-order valence-corrected chi connectivity index (χ1v) is 15.4. The number of hydrogen-bond acceptors (Lipinski definition) is 8. The van der Waals surface area contributed by atoms with Gasteiger partial charge in [0.05, 0.1) is 40.1 Å². The van der Waals surface area contributed by atoms with E-state index in [1.54, 1.807) is 11.8 Å². The molecule has 1 N–H and O–H groups in total. The topological polar surface area (TPSA) is 126 Å². The summed E-state index contributed by atoms with van der Waals surface area (Å²) < 4.78 is 45.0. The quantitative estimate of drug-likeness (QED) is 0.375. The summed E-state index contributed by atoms with van der Waals surface area (Å²) in [6.07, 6.45) is 1.50. The van der Waals surface area contributed by atoms with Crippen LogP contribution in [0, 0.1) is 11.2 Å². The number of sulfone groups is 1. The van der Waals surface area contributed by atoms with Crippen LogP contribution in [-0.2, 0) is 30.7 Å². The zero-order chi connectivity index (χ0) is 30.1. The second-order valence-corrected chi connectivity index (χ2v) is 13.9. The molecule has 222 valence electrons. The number of carbonyl (C=O) groups excluding carboxylic acids is 3. The number of nitrogens with one attached hydrogen (secondary N) is 1. The molecule has 2 bridgehead atoms. The monoisotopic (exact) mass is 608 g/mol. The molecule has 10 nitrogen and oxygen atoms in total. The summed E-state index contributed by atoms with van der Waals surface area (Å²) in [6, 6.07) is 6.33. The number of rotatable bonds is 7. The van der Waals surface area contributed by atoms with Gasteiger partial charge in [-0.2, -0.15) is 0 Å². The Hall–Kier alpha value is -3.25. The van der Waals surface area contributed by atoms with Crippen LogP contribution in [0.3, 0.4) is 0 Å². The molecule has 2 aliphatic heterocycles. The van der Waals surface area contributed by atoms with Gasteiger partial charge in [-0.15, -0.1) is 0 Å². The second kappa shape index (κ2) is 11.9. The fourth-order valence-corrected chi connectivity index (χ4v) is 7.47. The Bertz CT molecular complexity index is 1450. The van der Waals surface area contributed by atoms with E-state index in [-0.39, 0.29) is 58.1 Å². The lowest BCUT2D eigenvalue weighted by molar-refractivity contribution is -0.154. The lowest BCUT2D eigenvalue weighted by Crippen LogP contribution is -2.55. The number of aromatic nitrogens is 1. The number of esters is 1. The highest BCUT2D eigenvalue weighted by Crippen LogP contribution is 2.36. The van der Waals surface area contributed by atoms with Gasteiger partial charge in [-0.05, 0) is 55.5 Å². The maximum atomic E-state index is 13.5. The molecule has 4 rings (SSSR count). The van der Waals surface area contributed by atoms with E-state index in [0.29, 0.717) is 18.9 Å². The van der Waals surface area contributed by atoms with Gasteiger partial charge in [-0.1, -0.05) is 32.4 Å². The molecule has 1 aromatic heterocycles. The molecule has 0 saturated carbocycles. The molecule has 0 radical (unpaired) electrons. The number of ether oxygens (including phenoxy) is 1. The number of likely N-dealkylation sites (tertiary alicyclic amines) is 1. The average molecular weight is 609 g/mol. The van der Waals surface area contributed by atoms with E-state index >= 15 is 0 Å². The second-order valence-electron chi connectivity index (χ2n) is 11.5. The molecule has 2 unspecified atom stereocenters. The smallest absolute Gasteiger partial charge is 0.396 e. The van der Waals surface area contributed by atoms with E-state index in [9.17, 15) is 27.2 Å². The largest absolute Gasteiger partial charge is 0.459 e. The first kappa shape index (κ1) is 30.7. The van der Waals surface area contributed by atoms with E-state index < -0.39 is 32.9 Å². The van der Waals surface area contributed by atoms with Crippen LogP contribution >= 0.6 is 11.6 Å². The van der Waals surface area contributed by atoms with Crippen molar-refractivity contribution in [3.63, 3.8) is 0 Å². The van der Waals surface area contributed by atoms with Crippen molar-refractivity contribution in [2.45, 2.75) is 64.1 Å². The molecule has 0 spiro atoms. The van der Waals surface area contributed by atoms with Gasteiger partial charge in [0, 0.05) is 25.2 Å². The van der Waals surface area contributed by atoms with Crippen LogP contribution in [0.2, 0.25) is 5.02 Å². The molecule has 3 heterocycles. The Morgan fingerprint density at radius 1 is 1.12 bits per heavy atom. The van der Waals surface area contributed by atoms with Crippen molar-refractivity contribution in [1.82, 2.24) is 15.2 Å². The minimum Gasteiger partial charge on any atom is -0.459 e. The van der Waals surface area contributed by atoms with Gasteiger partial charge in [0.25, 0.3) is 5.91 Å². The van der Waals surface area contributed by atoms with Gasteiger partial charge >= 0.3 is 11.9 Å². The van der Waals surface area contributed by atoms with Crippen LogP contribution in [-0.4, -0.2) is 73.6 Å². The summed E-state index contributed by atoms with van der Waals surface area (Å²) in [7, 11) is -3.73. The van der Waals surface area contributed by atoms with Gasteiger partial charge in [-0.25, -0.2) is 22.6 Å². The minimum atomic E-state index is -3.73. The van der Waals surface area contributed by atoms with Crippen LogP contribution < -0.4 is 10.2 Å². The molecular formula is C28H34ClFN4O6S. The highest BCUT2D eigenvalue weighted by molar-refractivity contribution is 7.91. The Morgan fingerprint density at radius 3 is 2.37 bits per heavy atom. The SMILES string of the molecule is CCOC(=O)C(=O)NCc1cc(S(=O)(=O)CC(C)(C)C)cc(N2C3CCC2CN(C(=O)c2ccc(F)cc2Cl)C3)n1. The summed E-state index contributed by atoms with van der Waals surface area (Å²) in [5.41, 5.74) is -0.0229. The first-order valence-electron chi connectivity index (χ1n) is 13.4. The maximum Gasteiger partial charge on any atom is 0.396 e. The summed E-state index contributed by atoms with van der Waals surface area (Å²) in [6.45, 7) is 7.63. The third-order valence-corrected chi connectivity index (χ3v) is 9.42. The van der Waals surface area contributed by atoms with Crippen LogP contribution in [0.5, 0.6) is 0 Å². The van der Waals surface area contributed by atoms with Crippen molar-refractivity contribution in [1.29, 1.82) is 0 Å². The predicted molar refractivity (Wildman–Crippen MR) is 151 cm³/mol. The van der Waals surface area contributed by atoms with Gasteiger partial charge in [-0.3, -0.25) is 9.59 Å². The van der Waals surface area contributed by atoms with Gasteiger partial charge < -0.3 is 19.9 Å². The molecule has 13 heteroatoms. The number of pyridine rings is 1. The zero-order valence-electron chi connectivity index (χ0n) is 23.4. The first-order chi connectivity index (χ1) is 19.2. The van der Waals surface area contributed by atoms with Crippen LogP contribution in [0.25, 0.3) is 0 Å². The molecular weight excluding hydrogens is 575 g/mol. The molecule has 2 amide bonds.